The number of esters is 1. The third-order valence-corrected chi connectivity index (χ3v) is 2.18. The van der Waals surface area contributed by atoms with Crippen molar-refractivity contribution in [1.29, 1.82) is 0 Å². The van der Waals surface area contributed by atoms with E-state index in [0.29, 0.717) is 18.7 Å². The maximum absolute atomic E-state index is 11.2. The fourth-order valence-electron chi connectivity index (χ4n) is 1.40. The van der Waals surface area contributed by atoms with Crippen LogP contribution < -0.4 is 0 Å². The molecule has 0 aliphatic carbocycles. The summed E-state index contributed by atoms with van der Waals surface area (Å²) in [7, 11) is 0. The lowest BCUT2D eigenvalue weighted by Crippen LogP contribution is -2.18. The van der Waals surface area contributed by atoms with Crippen LogP contribution in [-0.4, -0.2) is 36.1 Å². The van der Waals surface area contributed by atoms with E-state index in [1.807, 2.05) is 0 Å². The van der Waals surface area contributed by atoms with Gasteiger partial charge < -0.3 is 14.7 Å². The van der Waals surface area contributed by atoms with Gasteiger partial charge >= 0.3 is 5.97 Å². The average molecular weight is 215 g/mol. The van der Waals surface area contributed by atoms with E-state index in [1.54, 1.807) is 6.92 Å². The molecule has 1 aliphatic heterocycles. The number of rotatable bonds is 6. The first-order valence-corrected chi connectivity index (χ1v) is 5.28. The topological polar surface area (TPSA) is 68.1 Å². The maximum Gasteiger partial charge on any atom is 0.356 e. The first kappa shape index (κ1) is 12.0. The van der Waals surface area contributed by atoms with E-state index in [4.69, 9.17) is 14.7 Å². The van der Waals surface area contributed by atoms with Crippen LogP contribution in [0.3, 0.4) is 0 Å². The van der Waals surface area contributed by atoms with E-state index >= 15 is 0 Å². The van der Waals surface area contributed by atoms with Gasteiger partial charge in [0.15, 0.2) is 5.71 Å². The van der Waals surface area contributed by atoms with Crippen molar-refractivity contribution in [3.63, 3.8) is 0 Å². The molecule has 1 N–H and O–H groups in total. The summed E-state index contributed by atoms with van der Waals surface area (Å²) in [6, 6.07) is 0. The van der Waals surface area contributed by atoms with Gasteiger partial charge in [-0.05, 0) is 26.2 Å². The summed E-state index contributed by atoms with van der Waals surface area (Å²) in [5.41, 5.74) is 0.367. The molecular formula is C10H17NO4. The van der Waals surface area contributed by atoms with E-state index in [2.05, 4.69) is 5.16 Å². The number of carbonyl (C=O) groups excluding carboxylic acids is 1. The Morgan fingerprint density at radius 1 is 1.67 bits per heavy atom. The van der Waals surface area contributed by atoms with E-state index in [0.717, 1.165) is 19.3 Å². The molecule has 0 aromatic heterocycles. The second-order valence-corrected chi connectivity index (χ2v) is 3.41. The molecule has 0 saturated carbocycles. The molecule has 0 amide bonds. The molecule has 0 bridgehead atoms. The van der Waals surface area contributed by atoms with E-state index in [9.17, 15) is 4.79 Å². The molecule has 0 aromatic rings. The number of ether oxygens (including phenoxy) is 1. The second kappa shape index (κ2) is 6.40. The molecule has 0 fully saturated rings. The fraction of sp³-hybridized carbons (Fsp3) is 0.800. The van der Waals surface area contributed by atoms with Crippen molar-refractivity contribution in [2.24, 2.45) is 5.16 Å². The van der Waals surface area contributed by atoms with Gasteiger partial charge in [-0.2, -0.15) is 0 Å². The molecule has 0 saturated heterocycles. The van der Waals surface area contributed by atoms with Crippen molar-refractivity contribution in [3.05, 3.63) is 0 Å². The Morgan fingerprint density at radius 3 is 3.13 bits per heavy atom. The molecule has 0 aromatic carbocycles. The minimum absolute atomic E-state index is 0.0315. The van der Waals surface area contributed by atoms with Crippen LogP contribution in [0.15, 0.2) is 5.16 Å². The maximum atomic E-state index is 11.2. The Bertz CT molecular complexity index is 240. The molecule has 5 heteroatoms. The van der Waals surface area contributed by atoms with Gasteiger partial charge in [0.25, 0.3) is 0 Å². The lowest BCUT2D eigenvalue weighted by Gasteiger charge is -2.06. The number of hydrogen-bond donors (Lipinski definition) is 1. The van der Waals surface area contributed by atoms with Crippen LogP contribution in [0.2, 0.25) is 0 Å². The van der Waals surface area contributed by atoms with Crippen LogP contribution in [0.4, 0.5) is 0 Å². The standard InChI is InChI=1S/C10H17NO4/c1-2-14-10(13)9-7-8(15-11-9)5-3-4-6-12/h8,12H,2-7H2,1H3/t8-/m0/s1. The van der Waals surface area contributed by atoms with Gasteiger partial charge in [-0.15, -0.1) is 0 Å². The number of nitrogens with zero attached hydrogens (tertiary/aromatic N) is 1. The summed E-state index contributed by atoms with van der Waals surface area (Å²) >= 11 is 0. The third kappa shape index (κ3) is 3.87. The molecule has 86 valence electrons. The van der Waals surface area contributed by atoms with Crippen LogP contribution in [-0.2, 0) is 14.4 Å². The van der Waals surface area contributed by atoms with Gasteiger partial charge in [0.05, 0.1) is 6.61 Å². The highest BCUT2D eigenvalue weighted by atomic mass is 16.6. The number of aliphatic hydroxyl groups excluding tert-OH is 1. The summed E-state index contributed by atoms with van der Waals surface area (Å²) in [5, 5.41) is 12.3. The molecule has 1 heterocycles. The highest BCUT2D eigenvalue weighted by molar-refractivity contribution is 6.36. The van der Waals surface area contributed by atoms with Crippen molar-refractivity contribution >= 4 is 11.7 Å². The highest BCUT2D eigenvalue weighted by Crippen LogP contribution is 2.17. The zero-order valence-corrected chi connectivity index (χ0v) is 8.94. The summed E-state index contributed by atoms with van der Waals surface area (Å²) in [5.74, 6) is -0.387. The zero-order chi connectivity index (χ0) is 11.1. The molecule has 1 aliphatic rings. The van der Waals surface area contributed by atoms with Gasteiger partial charge in [0.1, 0.15) is 6.10 Å². The lowest BCUT2D eigenvalue weighted by molar-refractivity contribution is -0.135. The number of hydrogen-bond acceptors (Lipinski definition) is 5. The van der Waals surface area contributed by atoms with Crippen molar-refractivity contribution in [2.45, 2.75) is 38.7 Å². The Morgan fingerprint density at radius 2 is 2.47 bits per heavy atom. The van der Waals surface area contributed by atoms with Crippen LogP contribution in [0.25, 0.3) is 0 Å². The van der Waals surface area contributed by atoms with Crippen LogP contribution in [0.1, 0.15) is 32.6 Å². The monoisotopic (exact) mass is 215 g/mol. The summed E-state index contributed by atoms with van der Waals surface area (Å²) in [6.45, 7) is 2.30. The molecule has 1 atom stereocenters. The molecule has 1 rings (SSSR count). The lowest BCUT2D eigenvalue weighted by atomic mass is 10.1. The number of oxime groups is 1. The van der Waals surface area contributed by atoms with Crippen molar-refractivity contribution < 1.29 is 19.5 Å². The average Bonchev–Trinajstić information content (AvgIpc) is 2.67. The minimum Gasteiger partial charge on any atom is -0.461 e. The predicted octanol–water partition coefficient (Wildman–Crippen LogP) is 0.857. The molecule has 0 unspecified atom stereocenters. The first-order valence-electron chi connectivity index (χ1n) is 5.28. The van der Waals surface area contributed by atoms with Gasteiger partial charge in [-0.1, -0.05) is 5.16 Å². The zero-order valence-electron chi connectivity index (χ0n) is 8.94. The number of unbranched alkanes of at least 4 members (excludes halogenated alkanes) is 1. The molecule has 5 nitrogen and oxygen atoms in total. The Kier molecular flexibility index (Phi) is 5.10. The van der Waals surface area contributed by atoms with E-state index in [-0.39, 0.29) is 18.7 Å². The fourth-order valence-corrected chi connectivity index (χ4v) is 1.40. The van der Waals surface area contributed by atoms with Gasteiger partial charge in [-0.3, -0.25) is 0 Å². The van der Waals surface area contributed by atoms with Crippen molar-refractivity contribution in [1.82, 2.24) is 0 Å². The van der Waals surface area contributed by atoms with E-state index < -0.39 is 0 Å². The quantitative estimate of drug-likeness (QED) is 0.527. The summed E-state index contributed by atoms with van der Waals surface area (Å²) < 4.78 is 4.81. The van der Waals surface area contributed by atoms with Gasteiger partial charge in [0.2, 0.25) is 0 Å². The second-order valence-electron chi connectivity index (χ2n) is 3.41. The number of carbonyl (C=O) groups is 1. The summed E-state index contributed by atoms with van der Waals surface area (Å²) in [4.78, 5) is 16.3. The normalized spacial score (nSPS) is 19.6. The first-order chi connectivity index (χ1) is 7.27. The SMILES string of the molecule is CCOC(=O)C1=NO[C@@H](CCCCO)C1. The van der Waals surface area contributed by atoms with Gasteiger partial charge in [-0.25, -0.2) is 4.79 Å². The molecular weight excluding hydrogens is 198 g/mol. The van der Waals surface area contributed by atoms with Crippen molar-refractivity contribution in [3.8, 4) is 0 Å². The molecule has 0 spiro atoms. The third-order valence-electron chi connectivity index (χ3n) is 2.18. The Labute approximate surface area is 89.1 Å². The minimum atomic E-state index is -0.387. The molecule has 0 radical (unpaired) electrons. The highest BCUT2D eigenvalue weighted by Gasteiger charge is 2.26. The predicted molar refractivity (Wildman–Crippen MR) is 54.5 cm³/mol. The smallest absolute Gasteiger partial charge is 0.356 e. The van der Waals surface area contributed by atoms with Crippen LogP contribution >= 0.6 is 0 Å². The largest absolute Gasteiger partial charge is 0.461 e. The van der Waals surface area contributed by atoms with E-state index in [1.165, 1.54) is 0 Å². The Balaban J connectivity index is 2.21. The van der Waals surface area contributed by atoms with Crippen molar-refractivity contribution in [2.75, 3.05) is 13.2 Å². The number of aliphatic hydroxyl groups is 1. The summed E-state index contributed by atoms with van der Waals surface area (Å²) in [6.07, 6.45) is 2.94. The van der Waals surface area contributed by atoms with Gasteiger partial charge in [0, 0.05) is 13.0 Å². The van der Waals surface area contributed by atoms with Crippen LogP contribution in [0.5, 0.6) is 0 Å². The Hall–Kier alpha value is -1.10. The molecule has 15 heavy (non-hydrogen) atoms. The van der Waals surface area contributed by atoms with Crippen LogP contribution in [0, 0.1) is 0 Å².